The highest BCUT2D eigenvalue weighted by molar-refractivity contribution is 5.31. The number of rotatable bonds is 12. The molecule has 2 heteroatoms. The lowest BCUT2D eigenvalue weighted by molar-refractivity contribution is 0.196. The van der Waals surface area contributed by atoms with Crippen LogP contribution in [-0.2, 0) is 0 Å². The van der Waals surface area contributed by atoms with E-state index in [2.05, 4.69) is 55.4 Å². The molecule has 1 rings (SSSR count). The summed E-state index contributed by atoms with van der Waals surface area (Å²) in [6.07, 6.45) is 2.51. The zero-order valence-electron chi connectivity index (χ0n) is 18.4. The summed E-state index contributed by atoms with van der Waals surface area (Å²) in [4.78, 5) is 0. The van der Waals surface area contributed by atoms with Crippen molar-refractivity contribution in [1.82, 2.24) is 0 Å². The zero-order chi connectivity index (χ0) is 19.7. The van der Waals surface area contributed by atoms with Crippen LogP contribution in [0, 0.1) is 35.5 Å². The fourth-order valence-electron chi connectivity index (χ4n) is 3.37. The molecule has 26 heavy (non-hydrogen) atoms. The van der Waals surface area contributed by atoms with Gasteiger partial charge in [-0.15, -0.1) is 0 Å². The fraction of sp³-hybridized carbons (Fsp3) is 0.750. The topological polar surface area (TPSA) is 18.5 Å². The summed E-state index contributed by atoms with van der Waals surface area (Å²) in [6, 6.07) is 8.10. The third-order valence-corrected chi connectivity index (χ3v) is 5.48. The molecule has 4 unspecified atom stereocenters. The summed E-state index contributed by atoms with van der Waals surface area (Å²) in [7, 11) is 0. The van der Waals surface area contributed by atoms with Gasteiger partial charge in [0.1, 0.15) is 11.5 Å². The molecule has 150 valence electrons. The molecular weight excluding hydrogens is 320 g/mol. The molecule has 0 aliphatic carbocycles. The molecule has 2 nitrogen and oxygen atoms in total. The molecular formula is C24H42O2. The Bertz CT molecular complexity index is 432. The number of hydrogen-bond donors (Lipinski definition) is 0. The summed E-state index contributed by atoms with van der Waals surface area (Å²) in [5, 5.41) is 0. The maximum absolute atomic E-state index is 5.98. The molecule has 4 atom stereocenters. The second-order valence-electron chi connectivity index (χ2n) is 9.26. The van der Waals surface area contributed by atoms with E-state index in [0.717, 1.165) is 36.5 Å². The molecule has 0 spiro atoms. The van der Waals surface area contributed by atoms with Crippen molar-refractivity contribution in [2.75, 3.05) is 13.2 Å². The minimum absolute atomic E-state index is 0.566. The molecule has 0 radical (unpaired) electrons. The SMILES string of the molecule is CC(C)CC(C)C(C)COc1ccc(OCC(C)C(C)CC(C)C)cc1. The van der Waals surface area contributed by atoms with Gasteiger partial charge in [-0.2, -0.15) is 0 Å². The van der Waals surface area contributed by atoms with Crippen molar-refractivity contribution in [1.29, 1.82) is 0 Å². The molecule has 0 saturated heterocycles. The van der Waals surface area contributed by atoms with Crippen LogP contribution >= 0.6 is 0 Å². The Hall–Kier alpha value is -1.18. The molecule has 0 aromatic heterocycles. The minimum atomic E-state index is 0.566. The fourth-order valence-corrected chi connectivity index (χ4v) is 3.37. The van der Waals surface area contributed by atoms with Gasteiger partial charge in [-0.05, 0) is 72.6 Å². The molecule has 0 saturated carbocycles. The highest BCUT2D eigenvalue weighted by Gasteiger charge is 2.15. The second-order valence-corrected chi connectivity index (χ2v) is 9.26. The van der Waals surface area contributed by atoms with Gasteiger partial charge in [-0.25, -0.2) is 0 Å². The molecule has 0 aliphatic heterocycles. The van der Waals surface area contributed by atoms with Crippen molar-refractivity contribution in [3.8, 4) is 11.5 Å². The Morgan fingerprint density at radius 3 is 1.12 bits per heavy atom. The van der Waals surface area contributed by atoms with E-state index in [-0.39, 0.29) is 0 Å². The van der Waals surface area contributed by atoms with Crippen molar-refractivity contribution >= 4 is 0 Å². The molecule has 0 aliphatic rings. The van der Waals surface area contributed by atoms with E-state index >= 15 is 0 Å². The van der Waals surface area contributed by atoms with Gasteiger partial charge in [-0.1, -0.05) is 55.4 Å². The Morgan fingerprint density at radius 2 is 0.846 bits per heavy atom. The van der Waals surface area contributed by atoms with Crippen LogP contribution < -0.4 is 9.47 Å². The van der Waals surface area contributed by atoms with E-state index in [4.69, 9.17) is 9.47 Å². The first-order valence-electron chi connectivity index (χ1n) is 10.5. The van der Waals surface area contributed by atoms with Crippen LogP contribution in [0.2, 0.25) is 0 Å². The summed E-state index contributed by atoms with van der Waals surface area (Å²) in [6.45, 7) is 19.9. The molecule has 0 fully saturated rings. The standard InChI is InChI=1S/C24H42O2/c1-17(2)13-19(5)21(7)15-25-23-9-11-24(12-10-23)26-16-22(8)20(6)14-18(3)4/h9-12,17-22H,13-16H2,1-8H3. The maximum Gasteiger partial charge on any atom is 0.119 e. The van der Waals surface area contributed by atoms with E-state index in [1.54, 1.807) is 0 Å². The van der Waals surface area contributed by atoms with Gasteiger partial charge >= 0.3 is 0 Å². The number of hydrogen-bond acceptors (Lipinski definition) is 2. The van der Waals surface area contributed by atoms with Crippen LogP contribution in [0.15, 0.2) is 24.3 Å². The monoisotopic (exact) mass is 362 g/mol. The smallest absolute Gasteiger partial charge is 0.119 e. The third kappa shape index (κ3) is 8.96. The van der Waals surface area contributed by atoms with Crippen LogP contribution in [-0.4, -0.2) is 13.2 Å². The second kappa shape index (κ2) is 11.5. The van der Waals surface area contributed by atoms with Crippen molar-refractivity contribution < 1.29 is 9.47 Å². The van der Waals surface area contributed by atoms with Crippen LogP contribution in [0.3, 0.4) is 0 Å². The highest BCUT2D eigenvalue weighted by Crippen LogP contribution is 2.24. The Kier molecular flexibility index (Phi) is 10.1. The van der Waals surface area contributed by atoms with Crippen molar-refractivity contribution in [3.05, 3.63) is 24.3 Å². The number of ether oxygens (including phenoxy) is 2. The third-order valence-electron chi connectivity index (χ3n) is 5.48. The summed E-state index contributed by atoms with van der Waals surface area (Å²) in [5.74, 6) is 5.86. The first kappa shape index (κ1) is 22.9. The highest BCUT2D eigenvalue weighted by atomic mass is 16.5. The normalized spacial score (nSPS) is 16.4. The predicted molar refractivity (Wildman–Crippen MR) is 113 cm³/mol. The van der Waals surface area contributed by atoms with Gasteiger partial charge in [-0.3, -0.25) is 0 Å². The maximum atomic E-state index is 5.98. The van der Waals surface area contributed by atoms with Gasteiger partial charge in [0, 0.05) is 0 Å². The van der Waals surface area contributed by atoms with E-state index < -0.39 is 0 Å². The van der Waals surface area contributed by atoms with E-state index in [1.165, 1.54) is 12.8 Å². The van der Waals surface area contributed by atoms with E-state index in [1.807, 2.05) is 24.3 Å². The van der Waals surface area contributed by atoms with Crippen molar-refractivity contribution in [2.45, 2.75) is 68.2 Å². The van der Waals surface area contributed by atoms with E-state index in [9.17, 15) is 0 Å². The Balaban J connectivity index is 2.39. The van der Waals surface area contributed by atoms with E-state index in [0.29, 0.717) is 23.7 Å². The van der Waals surface area contributed by atoms with Crippen molar-refractivity contribution in [2.24, 2.45) is 35.5 Å². The molecule has 0 heterocycles. The molecule has 0 bridgehead atoms. The first-order valence-corrected chi connectivity index (χ1v) is 10.5. The average Bonchev–Trinajstić information content (AvgIpc) is 2.57. The van der Waals surface area contributed by atoms with Crippen molar-refractivity contribution in [3.63, 3.8) is 0 Å². The lowest BCUT2D eigenvalue weighted by atomic mass is 9.89. The van der Waals surface area contributed by atoms with Crippen LogP contribution in [0.4, 0.5) is 0 Å². The van der Waals surface area contributed by atoms with Gasteiger partial charge in [0.05, 0.1) is 13.2 Å². The summed E-state index contributed by atoms with van der Waals surface area (Å²) >= 11 is 0. The van der Waals surface area contributed by atoms with Gasteiger partial charge in [0.15, 0.2) is 0 Å². The van der Waals surface area contributed by atoms with Crippen LogP contribution in [0.1, 0.15) is 68.2 Å². The Morgan fingerprint density at radius 1 is 0.538 bits per heavy atom. The number of benzene rings is 1. The molecule has 0 N–H and O–H groups in total. The van der Waals surface area contributed by atoms with Gasteiger partial charge in [0.25, 0.3) is 0 Å². The zero-order valence-corrected chi connectivity index (χ0v) is 18.4. The quantitative estimate of drug-likeness (QED) is 0.395. The van der Waals surface area contributed by atoms with Gasteiger partial charge < -0.3 is 9.47 Å². The Labute approximate surface area is 162 Å². The average molecular weight is 363 g/mol. The van der Waals surface area contributed by atoms with Crippen LogP contribution in [0.5, 0.6) is 11.5 Å². The lowest BCUT2D eigenvalue weighted by Crippen LogP contribution is -2.18. The lowest BCUT2D eigenvalue weighted by Gasteiger charge is -2.22. The molecule has 1 aromatic carbocycles. The molecule has 1 aromatic rings. The first-order chi connectivity index (χ1) is 12.2. The van der Waals surface area contributed by atoms with Crippen LogP contribution in [0.25, 0.3) is 0 Å². The summed E-state index contributed by atoms with van der Waals surface area (Å²) in [5.41, 5.74) is 0. The van der Waals surface area contributed by atoms with Gasteiger partial charge in [0.2, 0.25) is 0 Å². The largest absolute Gasteiger partial charge is 0.493 e. The summed E-state index contributed by atoms with van der Waals surface area (Å²) < 4.78 is 12.0. The molecule has 0 amide bonds. The predicted octanol–water partition coefficient (Wildman–Crippen LogP) is 7.08. The minimum Gasteiger partial charge on any atom is -0.493 e.